The van der Waals surface area contributed by atoms with Gasteiger partial charge in [-0.15, -0.1) is 0 Å². The molecule has 0 radical (unpaired) electrons. The molecule has 104 valence electrons. The topological polar surface area (TPSA) is 95.1 Å². The number of hydrogen-bond donors (Lipinski definition) is 3. The fourth-order valence-corrected chi connectivity index (χ4v) is 2.40. The number of aromatic amines is 1. The first-order valence-corrected chi connectivity index (χ1v) is 6.69. The van der Waals surface area contributed by atoms with Crippen molar-refractivity contribution in [3.63, 3.8) is 0 Å². The van der Waals surface area contributed by atoms with Crippen molar-refractivity contribution < 1.29 is 9.90 Å². The first-order chi connectivity index (χ1) is 9.22. The maximum absolute atomic E-state index is 11.7. The van der Waals surface area contributed by atoms with Crippen LogP contribution in [-0.2, 0) is 24.1 Å². The van der Waals surface area contributed by atoms with Crippen LogP contribution in [0.1, 0.15) is 36.1 Å². The van der Waals surface area contributed by atoms with Crippen LogP contribution in [0.15, 0.2) is 4.79 Å². The summed E-state index contributed by atoms with van der Waals surface area (Å²) in [6, 6.07) is 0. The number of carbonyl (C=O) groups is 1. The Hall–Kier alpha value is -1.69. The van der Waals surface area contributed by atoms with E-state index in [1.807, 2.05) is 0 Å². The standard InChI is InChI=1S/C13H19N3O3/c17-7-3-6-14-12(18)8-11-9-4-1-2-5-10(9)13(19)16-15-11/h17H,1-8H2,(H,14,18)(H,16,19). The molecule has 0 aromatic carbocycles. The average Bonchev–Trinajstić information content (AvgIpc) is 2.43. The minimum atomic E-state index is -0.126. The SMILES string of the molecule is O=C(Cc1n[nH]c(=O)c2c1CCCC2)NCCCO. The van der Waals surface area contributed by atoms with Crippen molar-refractivity contribution in [2.75, 3.05) is 13.2 Å². The van der Waals surface area contributed by atoms with E-state index in [1.54, 1.807) is 0 Å². The summed E-state index contributed by atoms with van der Waals surface area (Å²) in [5, 5.41) is 17.9. The Kier molecular flexibility index (Phi) is 4.68. The van der Waals surface area contributed by atoms with Gasteiger partial charge in [-0.3, -0.25) is 9.59 Å². The highest BCUT2D eigenvalue weighted by Gasteiger charge is 2.19. The molecule has 1 aliphatic rings. The van der Waals surface area contributed by atoms with E-state index in [9.17, 15) is 9.59 Å². The molecule has 1 aromatic heterocycles. The van der Waals surface area contributed by atoms with Crippen molar-refractivity contribution >= 4 is 5.91 Å². The Morgan fingerprint density at radius 2 is 2.05 bits per heavy atom. The summed E-state index contributed by atoms with van der Waals surface area (Å²) in [4.78, 5) is 23.4. The Morgan fingerprint density at radius 3 is 2.79 bits per heavy atom. The molecule has 6 nitrogen and oxygen atoms in total. The molecule has 0 fully saturated rings. The van der Waals surface area contributed by atoms with Gasteiger partial charge in [-0.25, -0.2) is 5.10 Å². The lowest BCUT2D eigenvalue weighted by atomic mass is 9.91. The molecule has 0 atom stereocenters. The summed E-state index contributed by atoms with van der Waals surface area (Å²) in [5.74, 6) is -0.124. The van der Waals surface area contributed by atoms with Crippen LogP contribution in [0.4, 0.5) is 0 Å². The summed E-state index contributed by atoms with van der Waals surface area (Å²) in [5.41, 5.74) is 2.29. The minimum Gasteiger partial charge on any atom is -0.396 e. The van der Waals surface area contributed by atoms with E-state index in [1.165, 1.54) is 0 Å². The molecule has 3 N–H and O–H groups in total. The number of carbonyl (C=O) groups excluding carboxylic acids is 1. The number of nitrogens with zero attached hydrogens (tertiary/aromatic N) is 1. The summed E-state index contributed by atoms with van der Waals surface area (Å²) in [6.45, 7) is 0.521. The largest absolute Gasteiger partial charge is 0.396 e. The maximum Gasteiger partial charge on any atom is 0.267 e. The van der Waals surface area contributed by atoms with E-state index in [0.29, 0.717) is 18.7 Å². The highest BCUT2D eigenvalue weighted by Crippen LogP contribution is 2.20. The number of hydrogen-bond acceptors (Lipinski definition) is 4. The van der Waals surface area contributed by atoms with Crippen molar-refractivity contribution in [1.82, 2.24) is 15.5 Å². The third-order valence-electron chi connectivity index (χ3n) is 3.37. The molecule has 0 unspecified atom stereocenters. The monoisotopic (exact) mass is 265 g/mol. The van der Waals surface area contributed by atoms with Crippen LogP contribution in [-0.4, -0.2) is 34.4 Å². The van der Waals surface area contributed by atoms with E-state index >= 15 is 0 Å². The van der Waals surface area contributed by atoms with Crippen LogP contribution in [0.25, 0.3) is 0 Å². The zero-order valence-electron chi connectivity index (χ0n) is 10.9. The minimum absolute atomic E-state index is 0.0621. The third kappa shape index (κ3) is 3.41. The summed E-state index contributed by atoms with van der Waals surface area (Å²) >= 11 is 0. The van der Waals surface area contributed by atoms with Gasteiger partial charge in [0, 0.05) is 18.7 Å². The zero-order chi connectivity index (χ0) is 13.7. The molecule has 2 rings (SSSR count). The number of rotatable bonds is 5. The third-order valence-corrected chi connectivity index (χ3v) is 3.37. The smallest absolute Gasteiger partial charge is 0.267 e. The van der Waals surface area contributed by atoms with Gasteiger partial charge >= 0.3 is 0 Å². The number of aromatic nitrogens is 2. The van der Waals surface area contributed by atoms with Gasteiger partial charge in [-0.05, 0) is 37.7 Å². The second kappa shape index (κ2) is 6.47. The van der Waals surface area contributed by atoms with Crippen molar-refractivity contribution in [2.45, 2.75) is 38.5 Å². The molecular formula is C13H19N3O3. The van der Waals surface area contributed by atoms with Gasteiger partial charge < -0.3 is 10.4 Å². The fourth-order valence-electron chi connectivity index (χ4n) is 2.40. The number of nitrogens with one attached hydrogen (secondary N) is 2. The second-order valence-electron chi connectivity index (χ2n) is 4.77. The summed E-state index contributed by atoms with van der Waals surface area (Å²) in [7, 11) is 0. The number of aliphatic hydroxyl groups is 1. The van der Waals surface area contributed by atoms with E-state index in [0.717, 1.165) is 36.8 Å². The predicted octanol–water partition coefficient (Wildman–Crippen LogP) is -0.310. The van der Waals surface area contributed by atoms with E-state index in [4.69, 9.17) is 5.11 Å². The predicted molar refractivity (Wildman–Crippen MR) is 69.9 cm³/mol. The quantitative estimate of drug-likeness (QED) is 0.636. The van der Waals surface area contributed by atoms with Crippen molar-refractivity contribution in [3.8, 4) is 0 Å². The highest BCUT2D eigenvalue weighted by molar-refractivity contribution is 5.78. The van der Waals surface area contributed by atoms with Crippen LogP contribution in [0.2, 0.25) is 0 Å². The van der Waals surface area contributed by atoms with Crippen molar-refractivity contribution in [1.29, 1.82) is 0 Å². The van der Waals surface area contributed by atoms with E-state index < -0.39 is 0 Å². The Balaban J connectivity index is 2.08. The van der Waals surface area contributed by atoms with Gasteiger partial charge in [0.15, 0.2) is 0 Å². The maximum atomic E-state index is 11.7. The van der Waals surface area contributed by atoms with Crippen molar-refractivity contribution in [3.05, 3.63) is 27.2 Å². The number of fused-ring (bicyclic) bond motifs is 1. The van der Waals surface area contributed by atoms with Crippen LogP contribution < -0.4 is 10.9 Å². The molecular weight excluding hydrogens is 246 g/mol. The summed E-state index contributed by atoms with van der Waals surface area (Å²) in [6.07, 6.45) is 4.38. The zero-order valence-corrected chi connectivity index (χ0v) is 10.9. The Bertz CT molecular complexity index is 510. The highest BCUT2D eigenvalue weighted by atomic mass is 16.3. The molecule has 0 saturated carbocycles. The van der Waals surface area contributed by atoms with Crippen molar-refractivity contribution in [2.24, 2.45) is 0 Å². The van der Waals surface area contributed by atoms with Crippen LogP contribution in [0.3, 0.4) is 0 Å². The first-order valence-electron chi connectivity index (χ1n) is 6.69. The lowest BCUT2D eigenvalue weighted by molar-refractivity contribution is -0.120. The van der Waals surface area contributed by atoms with Crippen LogP contribution in [0.5, 0.6) is 0 Å². The Labute approximate surface area is 111 Å². The molecule has 6 heteroatoms. The molecule has 19 heavy (non-hydrogen) atoms. The number of amides is 1. The number of aliphatic hydroxyl groups excluding tert-OH is 1. The fraction of sp³-hybridized carbons (Fsp3) is 0.615. The van der Waals surface area contributed by atoms with Crippen LogP contribution in [0, 0.1) is 0 Å². The van der Waals surface area contributed by atoms with Gasteiger partial charge in [0.05, 0.1) is 12.1 Å². The van der Waals surface area contributed by atoms with E-state index in [-0.39, 0.29) is 24.5 Å². The normalized spacial score (nSPS) is 13.9. The molecule has 0 spiro atoms. The molecule has 0 bridgehead atoms. The molecule has 1 aliphatic carbocycles. The van der Waals surface area contributed by atoms with Gasteiger partial charge in [-0.2, -0.15) is 5.10 Å². The lowest BCUT2D eigenvalue weighted by Crippen LogP contribution is -2.29. The van der Waals surface area contributed by atoms with Gasteiger partial charge in [0.25, 0.3) is 5.56 Å². The second-order valence-corrected chi connectivity index (χ2v) is 4.77. The van der Waals surface area contributed by atoms with Gasteiger partial charge in [0.2, 0.25) is 5.91 Å². The average molecular weight is 265 g/mol. The molecule has 1 heterocycles. The summed E-state index contributed by atoms with van der Waals surface area (Å²) < 4.78 is 0. The van der Waals surface area contributed by atoms with E-state index in [2.05, 4.69) is 15.5 Å². The van der Waals surface area contributed by atoms with Gasteiger partial charge in [0.1, 0.15) is 0 Å². The Morgan fingerprint density at radius 1 is 1.32 bits per heavy atom. The molecule has 0 aliphatic heterocycles. The molecule has 1 amide bonds. The number of H-pyrrole nitrogens is 1. The molecule has 1 aromatic rings. The lowest BCUT2D eigenvalue weighted by Gasteiger charge is -2.17. The van der Waals surface area contributed by atoms with Gasteiger partial charge in [-0.1, -0.05) is 0 Å². The van der Waals surface area contributed by atoms with Crippen LogP contribution >= 0.6 is 0 Å². The molecule has 0 saturated heterocycles. The first kappa shape index (κ1) is 13.7.